The Bertz CT molecular complexity index is 525. The second-order valence-electron chi connectivity index (χ2n) is 4.48. The Labute approximate surface area is 106 Å². The third kappa shape index (κ3) is 1.81. The van der Waals surface area contributed by atoms with E-state index in [4.69, 9.17) is 4.74 Å². The molecule has 1 atom stereocenters. The van der Waals surface area contributed by atoms with E-state index in [2.05, 4.69) is 15.6 Å². The number of carbonyl (C=O) groups excluding carboxylic acids is 1. The van der Waals surface area contributed by atoms with Gasteiger partial charge in [-0.05, 0) is 26.0 Å². The van der Waals surface area contributed by atoms with Crippen LogP contribution < -0.4 is 15.4 Å². The summed E-state index contributed by atoms with van der Waals surface area (Å²) in [7, 11) is 3.22. The van der Waals surface area contributed by atoms with E-state index < -0.39 is 5.54 Å². The van der Waals surface area contributed by atoms with Crippen molar-refractivity contribution in [3.8, 4) is 5.75 Å². The number of nitrogens with one attached hydrogen (secondary N) is 2. The molecule has 1 aliphatic heterocycles. The van der Waals surface area contributed by atoms with Gasteiger partial charge in [0.05, 0.1) is 7.11 Å². The van der Waals surface area contributed by atoms with Gasteiger partial charge in [-0.3, -0.25) is 15.1 Å². The first-order valence-corrected chi connectivity index (χ1v) is 5.73. The Hall–Kier alpha value is -2.04. The van der Waals surface area contributed by atoms with Gasteiger partial charge in [0.15, 0.2) is 5.96 Å². The SMILES string of the molecule is CN=C1NC(=O)C(C)(c2cc(C)ccc2OC)N1. The molecule has 0 aliphatic carbocycles. The Kier molecular flexibility index (Phi) is 2.98. The third-order valence-corrected chi connectivity index (χ3v) is 3.17. The summed E-state index contributed by atoms with van der Waals surface area (Å²) in [6.07, 6.45) is 0. The zero-order valence-electron chi connectivity index (χ0n) is 11.0. The molecule has 1 aromatic carbocycles. The first kappa shape index (κ1) is 12.4. The quantitative estimate of drug-likeness (QED) is 0.817. The van der Waals surface area contributed by atoms with E-state index in [-0.39, 0.29) is 5.91 Å². The maximum Gasteiger partial charge on any atom is 0.256 e. The van der Waals surface area contributed by atoms with E-state index in [1.165, 1.54) is 0 Å². The van der Waals surface area contributed by atoms with Crippen LogP contribution in [-0.4, -0.2) is 26.0 Å². The lowest BCUT2D eigenvalue weighted by Crippen LogP contribution is -2.41. The van der Waals surface area contributed by atoms with Crippen molar-refractivity contribution in [3.63, 3.8) is 0 Å². The van der Waals surface area contributed by atoms with Crippen molar-refractivity contribution in [2.24, 2.45) is 4.99 Å². The molecule has 5 nitrogen and oxygen atoms in total. The maximum absolute atomic E-state index is 12.1. The van der Waals surface area contributed by atoms with Gasteiger partial charge in [-0.1, -0.05) is 11.6 Å². The molecule has 0 saturated carbocycles. The van der Waals surface area contributed by atoms with Crippen LogP contribution in [0.1, 0.15) is 18.1 Å². The topological polar surface area (TPSA) is 62.7 Å². The van der Waals surface area contributed by atoms with Crippen LogP contribution >= 0.6 is 0 Å². The molecule has 1 amide bonds. The van der Waals surface area contributed by atoms with Gasteiger partial charge in [0.1, 0.15) is 11.3 Å². The zero-order valence-corrected chi connectivity index (χ0v) is 11.0. The summed E-state index contributed by atoms with van der Waals surface area (Å²) in [5, 5.41) is 5.80. The molecule has 0 aromatic heterocycles. The number of hydrogen-bond acceptors (Lipinski definition) is 3. The van der Waals surface area contributed by atoms with Crippen LogP contribution in [0.4, 0.5) is 0 Å². The molecule has 0 spiro atoms. The lowest BCUT2D eigenvalue weighted by Gasteiger charge is -2.24. The number of amides is 1. The summed E-state index contributed by atoms with van der Waals surface area (Å²) in [5.41, 5.74) is 1.02. The van der Waals surface area contributed by atoms with E-state index >= 15 is 0 Å². The number of methoxy groups -OCH3 is 1. The molecular formula is C13H17N3O2. The molecule has 2 N–H and O–H groups in total. The van der Waals surface area contributed by atoms with Gasteiger partial charge >= 0.3 is 0 Å². The third-order valence-electron chi connectivity index (χ3n) is 3.17. The monoisotopic (exact) mass is 247 g/mol. The molecule has 1 heterocycles. The van der Waals surface area contributed by atoms with Gasteiger partial charge in [0.25, 0.3) is 5.91 Å². The van der Waals surface area contributed by atoms with Crippen molar-refractivity contribution in [1.29, 1.82) is 0 Å². The fourth-order valence-electron chi connectivity index (χ4n) is 2.07. The van der Waals surface area contributed by atoms with E-state index in [0.717, 1.165) is 11.1 Å². The number of nitrogens with zero attached hydrogens (tertiary/aromatic N) is 1. The minimum absolute atomic E-state index is 0.132. The number of benzene rings is 1. The summed E-state index contributed by atoms with van der Waals surface area (Å²) in [4.78, 5) is 16.1. The molecule has 1 fully saturated rings. The lowest BCUT2D eigenvalue weighted by molar-refractivity contribution is -0.123. The molecule has 1 aromatic rings. The molecule has 18 heavy (non-hydrogen) atoms. The number of guanidine groups is 1. The highest BCUT2D eigenvalue weighted by Crippen LogP contribution is 2.32. The molecule has 96 valence electrons. The average Bonchev–Trinajstić information content (AvgIpc) is 2.66. The normalized spacial score (nSPS) is 24.9. The van der Waals surface area contributed by atoms with Crippen molar-refractivity contribution in [1.82, 2.24) is 10.6 Å². The van der Waals surface area contributed by atoms with Crippen LogP contribution in [0.3, 0.4) is 0 Å². The first-order valence-electron chi connectivity index (χ1n) is 5.73. The van der Waals surface area contributed by atoms with Gasteiger partial charge in [-0.2, -0.15) is 0 Å². The van der Waals surface area contributed by atoms with E-state index in [9.17, 15) is 4.79 Å². The van der Waals surface area contributed by atoms with Crippen LogP contribution in [0.5, 0.6) is 5.75 Å². The average molecular weight is 247 g/mol. The standard InChI is InChI=1S/C13H17N3O2/c1-8-5-6-10(18-4)9(7-8)13(2)11(17)15-12(14-3)16-13/h5-7H,1-4H3,(H2,14,15,16,17). The largest absolute Gasteiger partial charge is 0.496 e. The van der Waals surface area contributed by atoms with Crippen molar-refractivity contribution < 1.29 is 9.53 Å². The molecule has 2 rings (SSSR count). The van der Waals surface area contributed by atoms with Gasteiger partial charge in [-0.25, -0.2) is 0 Å². The van der Waals surface area contributed by atoms with E-state index in [1.54, 1.807) is 14.2 Å². The van der Waals surface area contributed by atoms with Crippen molar-refractivity contribution >= 4 is 11.9 Å². The summed E-state index contributed by atoms with van der Waals surface area (Å²) in [6, 6.07) is 5.77. The first-order chi connectivity index (χ1) is 8.51. The van der Waals surface area contributed by atoms with Gasteiger partial charge in [0, 0.05) is 12.6 Å². The number of rotatable bonds is 2. The van der Waals surface area contributed by atoms with Gasteiger partial charge < -0.3 is 10.1 Å². The fraction of sp³-hybridized carbons (Fsp3) is 0.385. The summed E-state index contributed by atoms with van der Waals surface area (Å²) >= 11 is 0. The Balaban J connectivity index is 2.54. The lowest BCUT2D eigenvalue weighted by atomic mass is 9.90. The zero-order chi connectivity index (χ0) is 13.3. The van der Waals surface area contributed by atoms with Crippen LogP contribution in [0, 0.1) is 6.92 Å². The molecule has 5 heteroatoms. The molecule has 1 saturated heterocycles. The highest BCUT2D eigenvalue weighted by molar-refractivity contribution is 6.09. The van der Waals surface area contributed by atoms with Gasteiger partial charge in [0.2, 0.25) is 0 Å². The van der Waals surface area contributed by atoms with Crippen molar-refractivity contribution in [3.05, 3.63) is 29.3 Å². The molecule has 0 radical (unpaired) electrons. The maximum atomic E-state index is 12.1. The van der Waals surface area contributed by atoms with Crippen molar-refractivity contribution in [2.45, 2.75) is 19.4 Å². The number of hydrogen-bond donors (Lipinski definition) is 2. The predicted molar refractivity (Wildman–Crippen MR) is 69.7 cm³/mol. The van der Waals surface area contributed by atoms with Crippen molar-refractivity contribution in [2.75, 3.05) is 14.2 Å². The van der Waals surface area contributed by atoms with Gasteiger partial charge in [-0.15, -0.1) is 0 Å². The highest BCUT2D eigenvalue weighted by Gasteiger charge is 2.44. The molecule has 0 bridgehead atoms. The second kappa shape index (κ2) is 4.33. The minimum Gasteiger partial charge on any atom is -0.496 e. The second-order valence-corrected chi connectivity index (χ2v) is 4.48. The Morgan fingerprint density at radius 1 is 1.39 bits per heavy atom. The summed E-state index contributed by atoms with van der Waals surface area (Å²) in [6.45, 7) is 3.80. The van der Waals surface area contributed by atoms with Crippen LogP contribution in [0.2, 0.25) is 0 Å². The Morgan fingerprint density at radius 3 is 2.67 bits per heavy atom. The van der Waals surface area contributed by atoms with Crippen LogP contribution in [-0.2, 0) is 10.3 Å². The molecule has 1 unspecified atom stereocenters. The number of carbonyl (C=O) groups is 1. The van der Waals surface area contributed by atoms with E-state index in [0.29, 0.717) is 11.7 Å². The number of ether oxygens (including phenoxy) is 1. The molecule has 1 aliphatic rings. The fourth-order valence-corrected chi connectivity index (χ4v) is 2.07. The smallest absolute Gasteiger partial charge is 0.256 e. The van der Waals surface area contributed by atoms with Crippen LogP contribution in [0.15, 0.2) is 23.2 Å². The Morgan fingerprint density at radius 2 is 2.11 bits per heavy atom. The summed E-state index contributed by atoms with van der Waals surface area (Å²) < 4.78 is 5.34. The molecular weight excluding hydrogens is 230 g/mol. The summed E-state index contributed by atoms with van der Waals surface area (Å²) in [5.74, 6) is 1.03. The minimum atomic E-state index is -0.855. The number of aryl methyl sites for hydroxylation is 1. The predicted octanol–water partition coefficient (Wildman–Crippen LogP) is 0.924. The van der Waals surface area contributed by atoms with E-state index in [1.807, 2.05) is 32.0 Å². The highest BCUT2D eigenvalue weighted by atomic mass is 16.5. The van der Waals surface area contributed by atoms with Crippen LogP contribution in [0.25, 0.3) is 0 Å². The number of aliphatic imine (C=N–C) groups is 1.